The van der Waals surface area contributed by atoms with Crippen molar-refractivity contribution < 1.29 is 27.5 Å². The molecule has 2 rings (SSSR count). The fourth-order valence-electron chi connectivity index (χ4n) is 2.42. The van der Waals surface area contributed by atoms with Crippen LogP contribution in [0.25, 0.3) is 0 Å². The second-order valence-corrected chi connectivity index (χ2v) is 7.12. The molecule has 1 aromatic carbocycles. The van der Waals surface area contributed by atoms with Gasteiger partial charge in [0.25, 0.3) is 10.0 Å². The fourth-order valence-corrected chi connectivity index (χ4v) is 3.30. The molecule has 0 saturated heterocycles. The number of amides is 1. The third kappa shape index (κ3) is 4.69. The first-order valence-corrected chi connectivity index (χ1v) is 8.73. The molecule has 2 atom stereocenters. The summed E-state index contributed by atoms with van der Waals surface area (Å²) in [6, 6.07) is 6.07. The summed E-state index contributed by atoms with van der Waals surface area (Å²) in [6.07, 6.45) is -0.388. The highest BCUT2D eigenvalue weighted by Gasteiger charge is 2.33. The maximum atomic E-state index is 12.1. The van der Waals surface area contributed by atoms with Crippen molar-refractivity contribution in [3.05, 3.63) is 29.8 Å². The number of ether oxygens (including phenoxy) is 2. The van der Waals surface area contributed by atoms with E-state index in [0.717, 1.165) is 12.0 Å². The van der Waals surface area contributed by atoms with Gasteiger partial charge < -0.3 is 9.47 Å². The van der Waals surface area contributed by atoms with Crippen molar-refractivity contribution in [2.75, 3.05) is 0 Å². The molecule has 7 nitrogen and oxygen atoms in total. The number of carbonyl (C=O) groups excluding carboxylic acids is 2. The van der Waals surface area contributed by atoms with Crippen LogP contribution in [0.4, 0.5) is 4.79 Å². The second-order valence-electron chi connectivity index (χ2n) is 5.44. The van der Waals surface area contributed by atoms with Crippen LogP contribution in [0, 0.1) is 6.92 Å². The van der Waals surface area contributed by atoms with E-state index in [1.54, 1.807) is 12.1 Å². The van der Waals surface area contributed by atoms with Crippen LogP contribution in [-0.4, -0.2) is 32.7 Å². The van der Waals surface area contributed by atoms with Crippen LogP contribution in [0.15, 0.2) is 29.2 Å². The summed E-state index contributed by atoms with van der Waals surface area (Å²) in [4.78, 5) is 22.8. The zero-order chi connectivity index (χ0) is 17.0. The Morgan fingerprint density at radius 1 is 1.09 bits per heavy atom. The van der Waals surface area contributed by atoms with Gasteiger partial charge in [0.15, 0.2) is 0 Å². The van der Waals surface area contributed by atoms with Crippen LogP contribution in [-0.2, 0) is 24.3 Å². The van der Waals surface area contributed by atoms with Gasteiger partial charge in [0.05, 0.1) is 4.90 Å². The molecule has 1 aliphatic rings. The topological polar surface area (TPSA) is 98.8 Å². The van der Waals surface area contributed by atoms with Gasteiger partial charge in [0.1, 0.15) is 12.2 Å². The minimum Gasteiger partial charge on any atom is -0.459 e. The third-order valence-electron chi connectivity index (χ3n) is 3.52. The van der Waals surface area contributed by atoms with Crippen LogP contribution < -0.4 is 4.72 Å². The molecule has 0 unspecified atom stereocenters. The van der Waals surface area contributed by atoms with Gasteiger partial charge in [0, 0.05) is 6.92 Å². The number of carbonyl (C=O) groups is 2. The highest BCUT2D eigenvalue weighted by atomic mass is 32.2. The monoisotopic (exact) mass is 341 g/mol. The van der Waals surface area contributed by atoms with Crippen LogP contribution >= 0.6 is 0 Å². The molecular weight excluding hydrogens is 322 g/mol. The van der Waals surface area contributed by atoms with E-state index in [-0.39, 0.29) is 4.90 Å². The third-order valence-corrected chi connectivity index (χ3v) is 4.84. The van der Waals surface area contributed by atoms with Gasteiger partial charge in [-0.15, -0.1) is 0 Å². The summed E-state index contributed by atoms with van der Waals surface area (Å²) in [5.74, 6) is -0.460. The lowest BCUT2D eigenvalue weighted by Crippen LogP contribution is -2.37. The van der Waals surface area contributed by atoms with Gasteiger partial charge in [-0.1, -0.05) is 17.7 Å². The Kier molecular flexibility index (Phi) is 5.25. The number of rotatable bonds is 4. The van der Waals surface area contributed by atoms with Gasteiger partial charge in [0.2, 0.25) is 0 Å². The predicted octanol–water partition coefficient (Wildman–Crippen LogP) is 1.89. The van der Waals surface area contributed by atoms with E-state index in [0.29, 0.717) is 12.8 Å². The Balaban J connectivity index is 1.98. The minimum atomic E-state index is -3.99. The van der Waals surface area contributed by atoms with Crippen LogP contribution in [0.2, 0.25) is 0 Å². The molecule has 0 radical (unpaired) electrons. The lowest BCUT2D eigenvalue weighted by atomic mass is 10.2. The van der Waals surface area contributed by atoms with Crippen molar-refractivity contribution in [3.63, 3.8) is 0 Å². The maximum absolute atomic E-state index is 12.1. The van der Waals surface area contributed by atoms with Gasteiger partial charge in [-0.25, -0.2) is 17.9 Å². The maximum Gasteiger partial charge on any atom is 0.421 e. The zero-order valence-corrected chi connectivity index (χ0v) is 13.8. The molecular formula is C15H19NO6S. The lowest BCUT2D eigenvalue weighted by molar-refractivity contribution is -0.150. The quantitative estimate of drug-likeness (QED) is 0.840. The van der Waals surface area contributed by atoms with Gasteiger partial charge in [-0.3, -0.25) is 4.79 Å². The largest absolute Gasteiger partial charge is 0.459 e. The molecule has 0 bridgehead atoms. The van der Waals surface area contributed by atoms with Crippen molar-refractivity contribution in [1.82, 2.24) is 4.72 Å². The molecule has 1 saturated carbocycles. The van der Waals surface area contributed by atoms with Crippen molar-refractivity contribution in [1.29, 1.82) is 0 Å². The molecule has 23 heavy (non-hydrogen) atoms. The first-order valence-electron chi connectivity index (χ1n) is 7.25. The molecule has 0 spiro atoms. The number of aryl methyl sites for hydroxylation is 1. The molecule has 1 amide bonds. The summed E-state index contributed by atoms with van der Waals surface area (Å²) in [5, 5.41) is 0. The Morgan fingerprint density at radius 2 is 1.65 bits per heavy atom. The molecule has 1 aliphatic carbocycles. The van der Waals surface area contributed by atoms with E-state index in [1.807, 2.05) is 11.6 Å². The summed E-state index contributed by atoms with van der Waals surface area (Å²) in [7, 11) is -3.99. The van der Waals surface area contributed by atoms with Gasteiger partial charge >= 0.3 is 12.1 Å². The lowest BCUT2D eigenvalue weighted by Gasteiger charge is -2.19. The van der Waals surface area contributed by atoms with Gasteiger partial charge in [-0.2, -0.15) is 0 Å². The minimum absolute atomic E-state index is 0.0250. The van der Waals surface area contributed by atoms with Crippen molar-refractivity contribution in [2.24, 2.45) is 0 Å². The number of benzene rings is 1. The van der Waals surface area contributed by atoms with E-state index in [1.165, 1.54) is 19.1 Å². The Morgan fingerprint density at radius 3 is 2.22 bits per heavy atom. The van der Waals surface area contributed by atoms with E-state index in [2.05, 4.69) is 0 Å². The Hall–Kier alpha value is -2.09. The molecule has 0 heterocycles. The molecule has 0 aliphatic heterocycles. The fraction of sp³-hybridized carbons (Fsp3) is 0.467. The smallest absolute Gasteiger partial charge is 0.421 e. The molecule has 1 aromatic rings. The SMILES string of the molecule is CC(=O)O[C@@H]1CCC[C@@H]1OC(=O)NS(=O)(=O)c1ccc(C)cc1. The van der Waals surface area contributed by atoms with Crippen molar-refractivity contribution in [3.8, 4) is 0 Å². The molecule has 8 heteroatoms. The van der Waals surface area contributed by atoms with E-state index in [9.17, 15) is 18.0 Å². The molecule has 1 fully saturated rings. The first kappa shape index (κ1) is 17.3. The average Bonchev–Trinajstić information content (AvgIpc) is 2.84. The number of esters is 1. The highest BCUT2D eigenvalue weighted by molar-refractivity contribution is 7.90. The van der Waals surface area contributed by atoms with E-state index < -0.39 is 34.3 Å². The van der Waals surface area contributed by atoms with E-state index in [4.69, 9.17) is 9.47 Å². The molecule has 1 N–H and O–H groups in total. The van der Waals surface area contributed by atoms with Crippen molar-refractivity contribution in [2.45, 2.75) is 50.2 Å². The number of hydrogen-bond acceptors (Lipinski definition) is 6. The molecule has 0 aromatic heterocycles. The first-order chi connectivity index (χ1) is 10.8. The van der Waals surface area contributed by atoms with Gasteiger partial charge in [-0.05, 0) is 38.3 Å². The highest BCUT2D eigenvalue weighted by Crippen LogP contribution is 2.25. The number of nitrogens with one attached hydrogen (secondary N) is 1. The van der Waals surface area contributed by atoms with E-state index >= 15 is 0 Å². The second kappa shape index (κ2) is 6.99. The Bertz CT molecular complexity index is 682. The average molecular weight is 341 g/mol. The normalized spacial score (nSPS) is 20.8. The summed E-state index contributed by atoms with van der Waals surface area (Å²) < 4.78 is 36.2. The summed E-state index contributed by atoms with van der Waals surface area (Å²) in [6.45, 7) is 3.10. The van der Waals surface area contributed by atoms with Crippen LogP contribution in [0.3, 0.4) is 0 Å². The molecule has 126 valence electrons. The standard InChI is InChI=1S/C15H19NO6S/c1-10-6-8-12(9-7-10)23(19,20)16-15(18)22-14-5-3-4-13(14)21-11(2)17/h6-9,13-14H,3-5H2,1-2H3,(H,16,18)/t13-,14+/m1/s1. The zero-order valence-electron chi connectivity index (χ0n) is 12.9. The number of hydrogen-bond donors (Lipinski definition) is 1. The van der Waals surface area contributed by atoms with Crippen LogP contribution in [0.5, 0.6) is 0 Å². The summed E-state index contributed by atoms with van der Waals surface area (Å²) in [5.41, 5.74) is 0.904. The summed E-state index contributed by atoms with van der Waals surface area (Å²) >= 11 is 0. The number of sulfonamides is 1. The van der Waals surface area contributed by atoms with Crippen molar-refractivity contribution >= 4 is 22.1 Å². The predicted molar refractivity (Wildman–Crippen MR) is 81.2 cm³/mol. The van der Waals surface area contributed by atoms with Crippen LogP contribution in [0.1, 0.15) is 31.7 Å². The Labute approximate surface area is 135 Å².